The van der Waals surface area contributed by atoms with Gasteiger partial charge < -0.3 is 9.47 Å². The highest BCUT2D eigenvalue weighted by Crippen LogP contribution is 2.20. The average molecular weight is 136 g/mol. The summed E-state index contributed by atoms with van der Waals surface area (Å²) in [5.41, 5.74) is 0. The van der Waals surface area contributed by atoms with Gasteiger partial charge in [-0.3, -0.25) is 0 Å². The zero-order valence-corrected chi connectivity index (χ0v) is 4.97. The van der Waals surface area contributed by atoms with Crippen molar-refractivity contribution in [3.05, 3.63) is 0 Å². The lowest BCUT2D eigenvalue weighted by molar-refractivity contribution is 0.0244. The molecule has 0 aromatic heterocycles. The molecule has 1 fully saturated rings. The highest BCUT2D eigenvalue weighted by atomic mass is 31.1. The Balaban J connectivity index is 2.47. The molecule has 0 amide bonds. The smallest absolute Gasteiger partial charge is 0.338 e. The van der Waals surface area contributed by atoms with Crippen LogP contribution < -0.4 is 0 Å². The van der Waals surface area contributed by atoms with Crippen LogP contribution in [0.4, 0.5) is 0 Å². The molecular formula is C3H5O4P. The third-order valence-corrected chi connectivity index (χ3v) is 1.42. The minimum atomic E-state index is -2.55. The van der Waals surface area contributed by atoms with E-state index in [1.807, 2.05) is 0 Å². The molecule has 0 aromatic rings. The van der Waals surface area contributed by atoms with E-state index >= 15 is 0 Å². The molecule has 0 radical (unpaired) electrons. The van der Waals surface area contributed by atoms with Crippen molar-refractivity contribution < 1.29 is 18.6 Å². The first kappa shape index (κ1) is 5.95. The SMILES string of the molecule is O=P(=O)C1OCCO1. The lowest BCUT2D eigenvalue weighted by atomic mass is 10.8. The Bertz CT molecular complexity index is 126. The van der Waals surface area contributed by atoms with Gasteiger partial charge in [-0.2, -0.15) is 0 Å². The fraction of sp³-hybridized carbons (Fsp3) is 1.00. The number of ether oxygens (including phenoxy) is 2. The van der Waals surface area contributed by atoms with Crippen LogP contribution in [-0.2, 0) is 18.6 Å². The molecule has 46 valence electrons. The van der Waals surface area contributed by atoms with Crippen LogP contribution in [-0.4, -0.2) is 19.2 Å². The summed E-state index contributed by atoms with van der Waals surface area (Å²) in [6.07, 6.45) is 0. The predicted molar refractivity (Wildman–Crippen MR) is 24.0 cm³/mol. The van der Waals surface area contributed by atoms with Crippen molar-refractivity contribution in [2.75, 3.05) is 13.2 Å². The Morgan fingerprint density at radius 3 is 2.00 bits per heavy atom. The second kappa shape index (κ2) is 2.40. The van der Waals surface area contributed by atoms with Gasteiger partial charge in [0.2, 0.25) is 0 Å². The van der Waals surface area contributed by atoms with Gasteiger partial charge in [0.25, 0.3) is 6.03 Å². The molecule has 1 heterocycles. The molecule has 0 N–H and O–H groups in total. The maximum Gasteiger partial charge on any atom is 0.373 e. The molecule has 0 spiro atoms. The number of rotatable bonds is 1. The summed E-state index contributed by atoms with van der Waals surface area (Å²) in [6, 6.07) is -0.981. The van der Waals surface area contributed by atoms with E-state index in [0.29, 0.717) is 13.2 Å². The summed E-state index contributed by atoms with van der Waals surface area (Å²) in [6.45, 7) is 0.766. The highest BCUT2D eigenvalue weighted by Gasteiger charge is 2.20. The topological polar surface area (TPSA) is 52.6 Å². The van der Waals surface area contributed by atoms with E-state index in [4.69, 9.17) is 0 Å². The summed E-state index contributed by atoms with van der Waals surface area (Å²) in [4.78, 5) is 0. The molecule has 4 nitrogen and oxygen atoms in total. The monoisotopic (exact) mass is 136 g/mol. The van der Waals surface area contributed by atoms with Gasteiger partial charge in [-0.1, -0.05) is 0 Å². The molecule has 0 bridgehead atoms. The Morgan fingerprint density at radius 2 is 1.75 bits per heavy atom. The van der Waals surface area contributed by atoms with Gasteiger partial charge in [-0.15, -0.1) is 0 Å². The number of hydrogen-bond acceptors (Lipinski definition) is 4. The zero-order chi connectivity index (χ0) is 5.98. The Kier molecular flexibility index (Phi) is 1.78. The molecule has 0 saturated carbocycles. The van der Waals surface area contributed by atoms with Crippen LogP contribution in [0, 0.1) is 0 Å². The molecule has 1 rings (SSSR count). The van der Waals surface area contributed by atoms with E-state index in [1.54, 1.807) is 0 Å². The van der Waals surface area contributed by atoms with Crippen LogP contribution in [0.3, 0.4) is 0 Å². The van der Waals surface area contributed by atoms with Gasteiger partial charge in [-0.05, 0) is 0 Å². The first-order valence-corrected chi connectivity index (χ1v) is 3.42. The van der Waals surface area contributed by atoms with Crippen LogP contribution in [0.15, 0.2) is 0 Å². The van der Waals surface area contributed by atoms with Gasteiger partial charge in [0, 0.05) is 0 Å². The molecule has 1 aliphatic rings. The molecule has 0 aliphatic carbocycles. The quantitative estimate of drug-likeness (QED) is 0.492. The van der Waals surface area contributed by atoms with Crippen LogP contribution in [0.5, 0.6) is 0 Å². The standard InChI is InChI=1S/C3H5O4P/c4-8(5)3-6-1-2-7-3/h3H,1-2H2. The minimum Gasteiger partial charge on any atom is -0.338 e. The van der Waals surface area contributed by atoms with Crippen molar-refractivity contribution in [2.24, 2.45) is 0 Å². The highest BCUT2D eigenvalue weighted by molar-refractivity contribution is 7.31. The normalized spacial score (nSPS) is 21.5. The maximum absolute atomic E-state index is 9.99. The van der Waals surface area contributed by atoms with Gasteiger partial charge in [0.15, 0.2) is 0 Å². The van der Waals surface area contributed by atoms with Gasteiger partial charge in [0.1, 0.15) is 0 Å². The zero-order valence-electron chi connectivity index (χ0n) is 4.07. The Labute approximate surface area is 46.6 Å². The van der Waals surface area contributed by atoms with Crippen LogP contribution in [0.2, 0.25) is 0 Å². The third kappa shape index (κ3) is 1.15. The largest absolute Gasteiger partial charge is 0.373 e. The lowest BCUT2D eigenvalue weighted by Crippen LogP contribution is -1.96. The molecule has 0 atom stereocenters. The molecule has 1 saturated heterocycles. The van der Waals surface area contributed by atoms with Crippen molar-refractivity contribution in [1.82, 2.24) is 0 Å². The number of hydrogen-bond donors (Lipinski definition) is 0. The van der Waals surface area contributed by atoms with Gasteiger partial charge >= 0.3 is 7.68 Å². The van der Waals surface area contributed by atoms with Crippen molar-refractivity contribution in [1.29, 1.82) is 0 Å². The van der Waals surface area contributed by atoms with Crippen molar-refractivity contribution in [2.45, 2.75) is 6.03 Å². The first-order chi connectivity index (χ1) is 3.80. The van der Waals surface area contributed by atoms with Crippen LogP contribution in [0.1, 0.15) is 0 Å². The van der Waals surface area contributed by atoms with Crippen molar-refractivity contribution >= 4 is 7.68 Å². The Morgan fingerprint density at radius 1 is 1.25 bits per heavy atom. The van der Waals surface area contributed by atoms with E-state index < -0.39 is 13.7 Å². The maximum atomic E-state index is 9.99. The van der Waals surface area contributed by atoms with E-state index in [9.17, 15) is 9.13 Å². The van der Waals surface area contributed by atoms with E-state index in [-0.39, 0.29) is 0 Å². The lowest BCUT2D eigenvalue weighted by Gasteiger charge is -1.92. The average Bonchev–Trinajstić information content (AvgIpc) is 2.12. The summed E-state index contributed by atoms with van der Waals surface area (Å²) in [7, 11) is -2.55. The summed E-state index contributed by atoms with van der Waals surface area (Å²) in [5, 5.41) is 0. The fourth-order valence-corrected chi connectivity index (χ4v) is 0.922. The summed E-state index contributed by atoms with van der Waals surface area (Å²) < 4.78 is 29.2. The summed E-state index contributed by atoms with van der Waals surface area (Å²) in [5.74, 6) is 0. The fourth-order valence-electron chi connectivity index (χ4n) is 0.468. The van der Waals surface area contributed by atoms with E-state index in [0.717, 1.165) is 0 Å². The second-order valence-corrected chi connectivity index (χ2v) is 2.33. The molecule has 8 heavy (non-hydrogen) atoms. The minimum absolute atomic E-state index is 0.383. The predicted octanol–water partition coefficient (Wildman–Crippen LogP) is 0.490. The van der Waals surface area contributed by atoms with Crippen molar-refractivity contribution in [3.63, 3.8) is 0 Å². The Hall–Kier alpha value is -0.180. The molecule has 0 unspecified atom stereocenters. The van der Waals surface area contributed by atoms with E-state index in [1.165, 1.54) is 0 Å². The van der Waals surface area contributed by atoms with Crippen LogP contribution >= 0.6 is 7.68 Å². The second-order valence-electron chi connectivity index (χ2n) is 1.33. The molecular weight excluding hydrogens is 131 g/mol. The van der Waals surface area contributed by atoms with Crippen molar-refractivity contribution in [3.8, 4) is 0 Å². The van der Waals surface area contributed by atoms with E-state index in [2.05, 4.69) is 9.47 Å². The third-order valence-electron chi connectivity index (χ3n) is 0.776. The first-order valence-electron chi connectivity index (χ1n) is 2.17. The summed E-state index contributed by atoms with van der Waals surface area (Å²) >= 11 is 0. The molecule has 5 heteroatoms. The molecule has 0 aromatic carbocycles. The van der Waals surface area contributed by atoms with Crippen LogP contribution in [0.25, 0.3) is 0 Å². The van der Waals surface area contributed by atoms with Gasteiger partial charge in [0.05, 0.1) is 13.2 Å². The molecule has 1 aliphatic heterocycles. The van der Waals surface area contributed by atoms with Gasteiger partial charge in [-0.25, -0.2) is 9.13 Å².